The highest BCUT2D eigenvalue weighted by atomic mass is 35.5. The van der Waals surface area contributed by atoms with E-state index in [2.05, 4.69) is 15.8 Å². The zero-order valence-electron chi connectivity index (χ0n) is 12.3. The quantitative estimate of drug-likeness (QED) is 0.476. The Morgan fingerprint density at radius 2 is 2.04 bits per heavy atom. The molecule has 0 atom stereocenters. The molecule has 0 aliphatic carbocycles. The van der Waals surface area contributed by atoms with Crippen molar-refractivity contribution in [3.63, 3.8) is 0 Å². The highest BCUT2D eigenvalue weighted by molar-refractivity contribution is 7.80. The van der Waals surface area contributed by atoms with Gasteiger partial charge in [0.25, 0.3) is 0 Å². The molecule has 120 valence electrons. The van der Waals surface area contributed by atoms with Crippen molar-refractivity contribution in [2.75, 3.05) is 7.05 Å². The average molecular weight is 368 g/mol. The number of hydrogen-bond acceptors (Lipinski definition) is 3. The number of hydrogen-bond donors (Lipinski definition) is 2. The van der Waals surface area contributed by atoms with Gasteiger partial charge in [0, 0.05) is 28.2 Å². The molecule has 0 spiro atoms. The van der Waals surface area contributed by atoms with Crippen molar-refractivity contribution >= 4 is 46.7 Å². The van der Waals surface area contributed by atoms with Crippen molar-refractivity contribution in [1.82, 2.24) is 10.7 Å². The van der Waals surface area contributed by atoms with Crippen molar-refractivity contribution < 1.29 is 4.74 Å². The highest BCUT2D eigenvalue weighted by Crippen LogP contribution is 2.23. The Morgan fingerprint density at radius 1 is 1.26 bits per heavy atom. The summed E-state index contributed by atoms with van der Waals surface area (Å²) in [6, 6.07) is 12.9. The third-order valence-corrected chi connectivity index (χ3v) is 3.80. The summed E-state index contributed by atoms with van der Waals surface area (Å²) in [4.78, 5) is 0. The molecular weight excluding hydrogens is 353 g/mol. The minimum absolute atomic E-state index is 0.337. The zero-order chi connectivity index (χ0) is 16.7. The fraction of sp³-hybridized carbons (Fsp3) is 0.125. The number of halogens is 2. The van der Waals surface area contributed by atoms with Crippen LogP contribution in [-0.2, 0) is 6.61 Å². The molecule has 2 rings (SSSR count). The Morgan fingerprint density at radius 3 is 2.78 bits per heavy atom. The number of para-hydroxylation sites is 1. The summed E-state index contributed by atoms with van der Waals surface area (Å²) in [5, 5.41) is 8.43. The maximum Gasteiger partial charge on any atom is 0.186 e. The smallest absolute Gasteiger partial charge is 0.186 e. The third-order valence-electron chi connectivity index (χ3n) is 2.91. The number of nitrogens with one attached hydrogen (secondary N) is 2. The number of benzene rings is 2. The van der Waals surface area contributed by atoms with Gasteiger partial charge in [0.15, 0.2) is 5.11 Å². The molecule has 0 heterocycles. The predicted octanol–water partition coefficient (Wildman–Crippen LogP) is 4.00. The Kier molecular flexibility index (Phi) is 6.65. The van der Waals surface area contributed by atoms with E-state index in [1.807, 2.05) is 30.3 Å². The van der Waals surface area contributed by atoms with Crippen molar-refractivity contribution in [1.29, 1.82) is 0 Å². The Hall–Kier alpha value is -1.82. The minimum Gasteiger partial charge on any atom is -0.488 e. The lowest BCUT2D eigenvalue weighted by Gasteiger charge is -2.10. The third kappa shape index (κ3) is 5.39. The van der Waals surface area contributed by atoms with Gasteiger partial charge in [-0.15, -0.1) is 0 Å². The summed E-state index contributed by atoms with van der Waals surface area (Å²) in [5.41, 5.74) is 4.38. The second-order valence-corrected chi connectivity index (χ2v) is 5.76. The molecule has 2 N–H and O–H groups in total. The predicted molar refractivity (Wildman–Crippen MR) is 99.6 cm³/mol. The average Bonchev–Trinajstić information content (AvgIpc) is 2.55. The molecule has 0 bridgehead atoms. The molecule has 0 aliphatic rings. The number of thiocarbonyl (C=S) groups is 1. The van der Waals surface area contributed by atoms with Gasteiger partial charge in [-0.3, -0.25) is 5.43 Å². The molecule has 0 aromatic heterocycles. The van der Waals surface area contributed by atoms with Gasteiger partial charge in [-0.05, 0) is 36.5 Å². The van der Waals surface area contributed by atoms with Gasteiger partial charge in [0.05, 0.1) is 6.21 Å². The van der Waals surface area contributed by atoms with Crippen LogP contribution in [0.4, 0.5) is 0 Å². The molecule has 0 aliphatic heterocycles. The number of rotatable bonds is 5. The molecule has 4 nitrogen and oxygen atoms in total. The van der Waals surface area contributed by atoms with Crippen LogP contribution in [0.3, 0.4) is 0 Å². The van der Waals surface area contributed by atoms with Gasteiger partial charge >= 0.3 is 0 Å². The number of ether oxygens (including phenoxy) is 1. The van der Waals surface area contributed by atoms with Gasteiger partial charge in [0.1, 0.15) is 12.4 Å². The lowest BCUT2D eigenvalue weighted by Crippen LogP contribution is -2.28. The summed E-state index contributed by atoms with van der Waals surface area (Å²) < 4.78 is 5.83. The standard InChI is InChI=1S/C16H15Cl2N3OS/c1-19-16(23)21-20-9-11-4-2-3-5-15(11)22-10-12-6-7-13(17)8-14(12)18/h2-9H,10H2,1H3,(H2,19,21,23)/b20-9-. The Labute approximate surface area is 150 Å². The molecule has 0 radical (unpaired) electrons. The van der Waals surface area contributed by atoms with Crippen LogP contribution in [0.1, 0.15) is 11.1 Å². The SMILES string of the molecule is CNC(=S)N/N=C\c1ccccc1OCc1ccc(Cl)cc1Cl. The first kappa shape index (κ1) is 17.5. The van der Waals surface area contributed by atoms with Gasteiger partial charge in [-0.2, -0.15) is 5.10 Å². The zero-order valence-corrected chi connectivity index (χ0v) is 14.7. The van der Waals surface area contributed by atoms with E-state index in [0.29, 0.717) is 27.5 Å². The van der Waals surface area contributed by atoms with Gasteiger partial charge in [0.2, 0.25) is 0 Å². The molecular formula is C16H15Cl2N3OS. The molecule has 0 saturated carbocycles. The van der Waals surface area contributed by atoms with Crippen LogP contribution in [0.15, 0.2) is 47.6 Å². The molecule has 0 saturated heterocycles. The highest BCUT2D eigenvalue weighted by Gasteiger charge is 2.05. The molecule has 7 heteroatoms. The number of hydrazone groups is 1. The van der Waals surface area contributed by atoms with Crippen LogP contribution in [0.25, 0.3) is 0 Å². The van der Waals surface area contributed by atoms with E-state index in [1.165, 1.54) is 0 Å². The summed E-state index contributed by atoms with van der Waals surface area (Å²) >= 11 is 17.0. The van der Waals surface area contributed by atoms with E-state index in [1.54, 1.807) is 25.4 Å². The van der Waals surface area contributed by atoms with Crippen LogP contribution in [0.2, 0.25) is 10.0 Å². The minimum atomic E-state index is 0.337. The van der Waals surface area contributed by atoms with Crippen LogP contribution in [0, 0.1) is 0 Å². The number of nitrogens with zero attached hydrogens (tertiary/aromatic N) is 1. The molecule has 0 unspecified atom stereocenters. The fourth-order valence-corrected chi connectivity index (χ4v) is 2.24. The summed E-state index contributed by atoms with van der Waals surface area (Å²) in [6.45, 7) is 0.337. The van der Waals surface area contributed by atoms with E-state index < -0.39 is 0 Å². The second kappa shape index (κ2) is 8.72. The van der Waals surface area contributed by atoms with Crippen molar-refractivity contribution in [2.45, 2.75) is 6.61 Å². The maximum atomic E-state index is 6.15. The Bertz CT molecular complexity index is 722. The fourth-order valence-electron chi connectivity index (χ4n) is 1.73. The first-order valence-corrected chi connectivity index (χ1v) is 7.93. The van der Waals surface area contributed by atoms with E-state index in [9.17, 15) is 0 Å². The first-order valence-electron chi connectivity index (χ1n) is 6.76. The monoisotopic (exact) mass is 367 g/mol. The van der Waals surface area contributed by atoms with Crippen molar-refractivity contribution in [3.05, 3.63) is 63.6 Å². The van der Waals surface area contributed by atoms with Crippen LogP contribution < -0.4 is 15.5 Å². The maximum absolute atomic E-state index is 6.15. The van der Waals surface area contributed by atoms with Crippen LogP contribution in [0.5, 0.6) is 5.75 Å². The van der Waals surface area contributed by atoms with Crippen LogP contribution >= 0.6 is 35.4 Å². The lowest BCUT2D eigenvalue weighted by molar-refractivity contribution is 0.306. The largest absolute Gasteiger partial charge is 0.488 e. The van der Waals surface area contributed by atoms with E-state index in [0.717, 1.165) is 11.1 Å². The van der Waals surface area contributed by atoms with Crippen LogP contribution in [-0.4, -0.2) is 18.4 Å². The summed E-state index contributed by atoms with van der Waals surface area (Å²) in [6.07, 6.45) is 1.64. The second-order valence-electron chi connectivity index (χ2n) is 4.51. The van der Waals surface area contributed by atoms with Gasteiger partial charge in [-0.1, -0.05) is 41.4 Å². The summed E-state index contributed by atoms with van der Waals surface area (Å²) in [7, 11) is 1.72. The van der Waals surface area contributed by atoms with Crippen molar-refractivity contribution in [3.8, 4) is 5.75 Å². The Balaban J connectivity index is 2.06. The van der Waals surface area contributed by atoms with Crippen molar-refractivity contribution in [2.24, 2.45) is 5.10 Å². The van der Waals surface area contributed by atoms with Gasteiger partial charge in [-0.25, -0.2) is 0 Å². The summed E-state index contributed by atoms with van der Waals surface area (Å²) in [5.74, 6) is 0.694. The van der Waals surface area contributed by atoms with E-state index in [-0.39, 0.29) is 0 Å². The molecule has 2 aromatic rings. The van der Waals surface area contributed by atoms with Gasteiger partial charge < -0.3 is 10.1 Å². The van der Waals surface area contributed by atoms with E-state index in [4.69, 9.17) is 40.2 Å². The topological polar surface area (TPSA) is 45.7 Å². The normalized spacial score (nSPS) is 10.6. The first-order chi connectivity index (χ1) is 11.1. The molecule has 2 aromatic carbocycles. The molecule has 0 fully saturated rings. The van der Waals surface area contributed by atoms with E-state index >= 15 is 0 Å². The lowest BCUT2D eigenvalue weighted by atomic mass is 10.2. The molecule has 23 heavy (non-hydrogen) atoms. The molecule has 0 amide bonds.